The highest BCUT2D eigenvalue weighted by Crippen LogP contribution is 2.19. The number of carbonyl (C=O) groups excluding carboxylic acids is 1. The molecule has 1 amide bonds. The van der Waals surface area contributed by atoms with Crippen LogP contribution in [0.5, 0.6) is 0 Å². The van der Waals surface area contributed by atoms with Crippen LogP contribution in [-0.2, 0) is 11.3 Å². The standard InChI is InChI=1S/C17H15ClN2O/c1-12-10-13-4-2-3-5-16(13)20(12)11-17(21)19-15-8-6-14(18)7-9-15/h2-10H,11H2,1H3,(H,19,21). The van der Waals surface area contributed by atoms with Crippen molar-refractivity contribution in [1.82, 2.24) is 4.57 Å². The van der Waals surface area contributed by atoms with Crippen LogP contribution in [0.3, 0.4) is 0 Å². The molecule has 0 bridgehead atoms. The normalized spacial score (nSPS) is 10.8. The van der Waals surface area contributed by atoms with Gasteiger partial charge in [0, 0.05) is 21.9 Å². The highest BCUT2D eigenvalue weighted by Gasteiger charge is 2.09. The molecule has 3 aromatic rings. The molecule has 106 valence electrons. The molecule has 0 radical (unpaired) electrons. The lowest BCUT2D eigenvalue weighted by atomic mass is 10.2. The molecule has 21 heavy (non-hydrogen) atoms. The van der Waals surface area contributed by atoms with Crippen molar-refractivity contribution in [3.8, 4) is 0 Å². The molecule has 0 saturated carbocycles. The van der Waals surface area contributed by atoms with Crippen molar-refractivity contribution in [2.75, 3.05) is 5.32 Å². The molecule has 1 N–H and O–H groups in total. The van der Waals surface area contributed by atoms with E-state index in [0.717, 1.165) is 22.3 Å². The zero-order valence-electron chi connectivity index (χ0n) is 11.6. The highest BCUT2D eigenvalue weighted by molar-refractivity contribution is 6.30. The fourth-order valence-electron chi connectivity index (χ4n) is 2.44. The third-order valence-electron chi connectivity index (χ3n) is 3.45. The molecule has 0 aliphatic carbocycles. The Kier molecular flexibility index (Phi) is 3.67. The predicted molar refractivity (Wildman–Crippen MR) is 86.8 cm³/mol. The maximum absolute atomic E-state index is 12.2. The summed E-state index contributed by atoms with van der Waals surface area (Å²) in [5, 5.41) is 4.68. The van der Waals surface area contributed by atoms with Gasteiger partial charge in [-0.1, -0.05) is 29.8 Å². The van der Waals surface area contributed by atoms with Gasteiger partial charge in [-0.2, -0.15) is 0 Å². The first-order chi connectivity index (χ1) is 10.1. The Morgan fingerprint density at radius 3 is 2.62 bits per heavy atom. The molecular weight excluding hydrogens is 284 g/mol. The minimum Gasteiger partial charge on any atom is -0.335 e. The number of para-hydroxylation sites is 1. The van der Waals surface area contributed by atoms with Crippen LogP contribution >= 0.6 is 11.6 Å². The van der Waals surface area contributed by atoms with E-state index in [1.165, 1.54) is 0 Å². The first-order valence-corrected chi connectivity index (χ1v) is 7.11. The van der Waals surface area contributed by atoms with Crippen molar-refractivity contribution in [1.29, 1.82) is 0 Å². The molecule has 0 atom stereocenters. The van der Waals surface area contributed by atoms with Crippen LogP contribution in [0.1, 0.15) is 5.69 Å². The van der Waals surface area contributed by atoms with Gasteiger partial charge in [-0.15, -0.1) is 0 Å². The van der Waals surface area contributed by atoms with E-state index in [-0.39, 0.29) is 5.91 Å². The van der Waals surface area contributed by atoms with Gasteiger partial charge in [0.1, 0.15) is 6.54 Å². The molecule has 0 saturated heterocycles. The number of aryl methyl sites for hydroxylation is 1. The van der Waals surface area contributed by atoms with Gasteiger partial charge >= 0.3 is 0 Å². The summed E-state index contributed by atoms with van der Waals surface area (Å²) in [5.74, 6) is -0.0539. The van der Waals surface area contributed by atoms with Gasteiger partial charge in [-0.05, 0) is 48.7 Å². The van der Waals surface area contributed by atoms with E-state index in [2.05, 4.69) is 17.4 Å². The summed E-state index contributed by atoms with van der Waals surface area (Å²) in [5.41, 5.74) is 2.89. The van der Waals surface area contributed by atoms with Gasteiger partial charge in [0.25, 0.3) is 0 Å². The maximum Gasteiger partial charge on any atom is 0.244 e. The number of nitrogens with one attached hydrogen (secondary N) is 1. The number of amides is 1. The molecule has 3 rings (SSSR count). The van der Waals surface area contributed by atoms with E-state index in [4.69, 9.17) is 11.6 Å². The minimum absolute atomic E-state index is 0.0539. The van der Waals surface area contributed by atoms with E-state index < -0.39 is 0 Å². The lowest BCUT2D eigenvalue weighted by Crippen LogP contribution is -2.19. The number of anilines is 1. The smallest absolute Gasteiger partial charge is 0.244 e. The molecule has 4 heteroatoms. The number of aromatic nitrogens is 1. The summed E-state index contributed by atoms with van der Waals surface area (Å²) in [6, 6.07) is 17.2. The van der Waals surface area contributed by atoms with Crippen molar-refractivity contribution in [3.05, 3.63) is 65.3 Å². The van der Waals surface area contributed by atoms with Gasteiger partial charge < -0.3 is 9.88 Å². The Morgan fingerprint density at radius 1 is 1.14 bits per heavy atom. The molecule has 0 aliphatic heterocycles. The van der Waals surface area contributed by atoms with Gasteiger partial charge in [-0.25, -0.2) is 0 Å². The van der Waals surface area contributed by atoms with Crippen molar-refractivity contribution in [2.24, 2.45) is 0 Å². The van der Waals surface area contributed by atoms with Crippen molar-refractivity contribution < 1.29 is 4.79 Å². The van der Waals surface area contributed by atoms with Crippen LogP contribution in [-0.4, -0.2) is 10.5 Å². The summed E-state index contributed by atoms with van der Waals surface area (Å²) < 4.78 is 2.01. The average molecular weight is 299 g/mol. The summed E-state index contributed by atoms with van der Waals surface area (Å²) in [6.07, 6.45) is 0. The lowest BCUT2D eigenvalue weighted by Gasteiger charge is -2.09. The number of rotatable bonds is 3. The number of nitrogens with zero attached hydrogens (tertiary/aromatic N) is 1. The molecule has 0 unspecified atom stereocenters. The Hall–Kier alpha value is -2.26. The monoisotopic (exact) mass is 298 g/mol. The molecule has 0 fully saturated rings. The minimum atomic E-state index is -0.0539. The highest BCUT2D eigenvalue weighted by atomic mass is 35.5. The molecule has 2 aromatic carbocycles. The van der Waals surface area contributed by atoms with Crippen LogP contribution in [0, 0.1) is 6.92 Å². The van der Waals surface area contributed by atoms with Gasteiger partial charge in [0.2, 0.25) is 5.91 Å². The third-order valence-corrected chi connectivity index (χ3v) is 3.70. The zero-order chi connectivity index (χ0) is 14.8. The van der Waals surface area contributed by atoms with E-state index in [0.29, 0.717) is 11.6 Å². The van der Waals surface area contributed by atoms with Crippen LogP contribution < -0.4 is 5.32 Å². The third kappa shape index (κ3) is 2.93. The van der Waals surface area contributed by atoms with Crippen LogP contribution in [0.4, 0.5) is 5.69 Å². The number of halogens is 1. The van der Waals surface area contributed by atoms with Gasteiger partial charge in [0.15, 0.2) is 0 Å². The Morgan fingerprint density at radius 2 is 1.86 bits per heavy atom. The predicted octanol–water partition coefficient (Wildman–Crippen LogP) is 4.24. The molecule has 3 nitrogen and oxygen atoms in total. The largest absolute Gasteiger partial charge is 0.335 e. The summed E-state index contributed by atoms with van der Waals surface area (Å²) in [4.78, 5) is 12.2. The van der Waals surface area contributed by atoms with E-state index in [1.807, 2.05) is 29.7 Å². The van der Waals surface area contributed by atoms with E-state index >= 15 is 0 Å². The van der Waals surface area contributed by atoms with Crippen molar-refractivity contribution in [3.63, 3.8) is 0 Å². The Labute approximate surface area is 128 Å². The zero-order valence-corrected chi connectivity index (χ0v) is 12.4. The molecule has 1 heterocycles. The van der Waals surface area contributed by atoms with Crippen molar-refractivity contribution in [2.45, 2.75) is 13.5 Å². The first kappa shape index (κ1) is 13.7. The number of hydrogen-bond acceptors (Lipinski definition) is 1. The topological polar surface area (TPSA) is 34.0 Å². The van der Waals surface area contributed by atoms with Crippen LogP contribution in [0.15, 0.2) is 54.6 Å². The molecule has 0 aliphatic rings. The molecule has 1 aromatic heterocycles. The second-order valence-electron chi connectivity index (χ2n) is 4.99. The number of carbonyl (C=O) groups is 1. The Balaban J connectivity index is 1.80. The number of benzene rings is 2. The Bertz CT molecular complexity index is 790. The van der Waals surface area contributed by atoms with E-state index in [9.17, 15) is 4.79 Å². The second kappa shape index (κ2) is 5.62. The number of fused-ring (bicyclic) bond motifs is 1. The molecular formula is C17H15ClN2O. The average Bonchev–Trinajstić information content (AvgIpc) is 2.78. The first-order valence-electron chi connectivity index (χ1n) is 6.74. The summed E-state index contributed by atoms with van der Waals surface area (Å²) in [7, 11) is 0. The lowest BCUT2D eigenvalue weighted by molar-refractivity contribution is -0.116. The summed E-state index contributed by atoms with van der Waals surface area (Å²) in [6.45, 7) is 2.30. The molecule has 0 spiro atoms. The fourth-order valence-corrected chi connectivity index (χ4v) is 2.56. The van der Waals surface area contributed by atoms with Gasteiger partial charge in [0.05, 0.1) is 0 Å². The number of hydrogen-bond donors (Lipinski definition) is 1. The summed E-state index contributed by atoms with van der Waals surface area (Å²) >= 11 is 5.83. The SMILES string of the molecule is Cc1cc2ccccc2n1CC(=O)Nc1ccc(Cl)cc1. The van der Waals surface area contributed by atoms with Crippen molar-refractivity contribution >= 4 is 34.1 Å². The second-order valence-corrected chi connectivity index (χ2v) is 5.42. The van der Waals surface area contributed by atoms with E-state index in [1.54, 1.807) is 24.3 Å². The quantitative estimate of drug-likeness (QED) is 0.771. The fraction of sp³-hybridized carbons (Fsp3) is 0.118. The van der Waals surface area contributed by atoms with Crippen LogP contribution in [0.25, 0.3) is 10.9 Å². The maximum atomic E-state index is 12.2. The van der Waals surface area contributed by atoms with Gasteiger partial charge in [-0.3, -0.25) is 4.79 Å². The van der Waals surface area contributed by atoms with Crippen LogP contribution in [0.2, 0.25) is 5.02 Å².